The summed E-state index contributed by atoms with van der Waals surface area (Å²) >= 11 is 0. The number of carbonyl (C=O) groups is 1. The molecule has 1 saturated heterocycles. The van der Waals surface area contributed by atoms with E-state index < -0.39 is 15.8 Å². The summed E-state index contributed by atoms with van der Waals surface area (Å²) in [5.41, 5.74) is 0. The highest BCUT2D eigenvalue weighted by molar-refractivity contribution is 7.89. The number of benzene rings is 1. The minimum absolute atomic E-state index is 0.0449. The van der Waals surface area contributed by atoms with Gasteiger partial charge in [-0.2, -0.15) is 4.31 Å². The van der Waals surface area contributed by atoms with Crippen molar-refractivity contribution in [3.8, 4) is 0 Å². The minimum Gasteiger partial charge on any atom is -0.353 e. The van der Waals surface area contributed by atoms with Crippen LogP contribution in [0.4, 0.5) is 4.39 Å². The highest BCUT2D eigenvalue weighted by atomic mass is 32.2. The van der Waals surface area contributed by atoms with E-state index in [0.717, 1.165) is 31.7 Å². The molecule has 1 aromatic rings. The molecule has 7 heteroatoms. The van der Waals surface area contributed by atoms with Crippen LogP contribution in [0, 0.1) is 11.7 Å². The number of halogens is 1. The summed E-state index contributed by atoms with van der Waals surface area (Å²) in [5, 5.41) is 3.18. The zero-order valence-corrected chi connectivity index (χ0v) is 16.5. The Labute approximate surface area is 161 Å². The van der Waals surface area contributed by atoms with Gasteiger partial charge in [0.1, 0.15) is 10.7 Å². The Bertz CT molecular complexity index is 737. The van der Waals surface area contributed by atoms with Crippen molar-refractivity contribution >= 4 is 15.9 Å². The summed E-state index contributed by atoms with van der Waals surface area (Å²) in [4.78, 5) is 12.3. The molecule has 1 heterocycles. The SMILES string of the molecule is O=C(NC1CCCCCCC1)C1CCN(S(=O)(=O)c2ccccc2F)CC1. The van der Waals surface area contributed by atoms with E-state index >= 15 is 0 Å². The standard InChI is InChI=1S/C20H29FN2O3S/c21-18-10-6-7-11-19(18)27(25,26)23-14-12-16(13-15-23)20(24)22-17-8-4-2-1-3-5-9-17/h6-7,10-11,16-17H,1-5,8-9,12-15H2,(H,22,24). The van der Waals surface area contributed by atoms with Crippen molar-refractivity contribution in [3.63, 3.8) is 0 Å². The van der Waals surface area contributed by atoms with E-state index in [0.29, 0.717) is 12.8 Å². The van der Waals surface area contributed by atoms with E-state index in [9.17, 15) is 17.6 Å². The molecule has 1 N–H and O–H groups in total. The number of piperidine rings is 1. The van der Waals surface area contributed by atoms with Crippen molar-refractivity contribution in [3.05, 3.63) is 30.1 Å². The summed E-state index contributed by atoms with van der Waals surface area (Å²) < 4.78 is 40.5. The summed E-state index contributed by atoms with van der Waals surface area (Å²) in [6, 6.07) is 5.68. The van der Waals surface area contributed by atoms with Crippen LogP contribution in [-0.2, 0) is 14.8 Å². The van der Waals surface area contributed by atoms with Crippen molar-refractivity contribution in [1.29, 1.82) is 0 Å². The minimum atomic E-state index is -3.85. The first-order valence-corrected chi connectivity index (χ1v) is 11.5. The maximum Gasteiger partial charge on any atom is 0.245 e. The summed E-state index contributed by atoms with van der Waals surface area (Å²) in [6.07, 6.45) is 9.10. The number of hydrogen-bond donors (Lipinski definition) is 1. The summed E-state index contributed by atoms with van der Waals surface area (Å²) in [7, 11) is -3.85. The van der Waals surface area contributed by atoms with Crippen LogP contribution in [0.1, 0.15) is 57.8 Å². The van der Waals surface area contributed by atoms with E-state index in [1.807, 2.05) is 0 Å². The quantitative estimate of drug-likeness (QED) is 0.848. The van der Waals surface area contributed by atoms with Gasteiger partial charge in [-0.1, -0.05) is 44.2 Å². The molecular formula is C20H29FN2O3S. The molecule has 1 saturated carbocycles. The van der Waals surface area contributed by atoms with E-state index in [2.05, 4.69) is 5.32 Å². The third kappa shape index (κ3) is 5.08. The zero-order valence-electron chi connectivity index (χ0n) is 15.7. The maximum absolute atomic E-state index is 13.9. The monoisotopic (exact) mass is 396 g/mol. The molecule has 0 aromatic heterocycles. The first kappa shape index (κ1) is 20.3. The largest absolute Gasteiger partial charge is 0.353 e. The zero-order chi connectivity index (χ0) is 19.3. The molecule has 0 unspecified atom stereocenters. The van der Waals surface area contributed by atoms with Crippen LogP contribution < -0.4 is 5.32 Å². The molecule has 0 spiro atoms. The molecule has 1 aliphatic carbocycles. The molecule has 0 atom stereocenters. The van der Waals surface area contributed by atoms with Crippen LogP contribution >= 0.6 is 0 Å². The van der Waals surface area contributed by atoms with Crippen LogP contribution in [0.3, 0.4) is 0 Å². The normalized spacial score (nSPS) is 21.4. The Morgan fingerprint density at radius 1 is 0.963 bits per heavy atom. The molecule has 1 amide bonds. The number of rotatable bonds is 4. The molecule has 3 rings (SSSR count). The topological polar surface area (TPSA) is 66.5 Å². The number of hydrogen-bond acceptors (Lipinski definition) is 3. The molecule has 150 valence electrons. The number of nitrogens with one attached hydrogen (secondary N) is 1. The van der Waals surface area contributed by atoms with Gasteiger partial charge < -0.3 is 5.32 Å². The second-order valence-electron chi connectivity index (χ2n) is 7.66. The number of nitrogens with zero attached hydrogens (tertiary/aromatic N) is 1. The van der Waals surface area contributed by atoms with Crippen molar-refractivity contribution in [2.24, 2.45) is 5.92 Å². The average molecular weight is 397 g/mol. The maximum atomic E-state index is 13.9. The van der Waals surface area contributed by atoms with Gasteiger partial charge in [0, 0.05) is 25.0 Å². The first-order chi connectivity index (χ1) is 13.0. The van der Waals surface area contributed by atoms with Gasteiger partial charge in [-0.05, 0) is 37.8 Å². The van der Waals surface area contributed by atoms with Crippen LogP contribution in [-0.4, -0.2) is 37.8 Å². The van der Waals surface area contributed by atoms with E-state index in [4.69, 9.17) is 0 Å². The highest BCUT2D eigenvalue weighted by Crippen LogP contribution is 2.26. The van der Waals surface area contributed by atoms with Crippen LogP contribution in [0.2, 0.25) is 0 Å². The van der Waals surface area contributed by atoms with Gasteiger partial charge in [0.2, 0.25) is 15.9 Å². The lowest BCUT2D eigenvalue weighted by molar-refractivity contribution is -0.127. The van der Waals surface area contributed by atoms with Gasteiger partial charge in [-0.3, -0.25) is 4.79 Å². The van der Waals surface area contributed by atoms with Gasteiger partial charge in [-0.15, -0.1) is 0 Å². The van der Waals surface area contributed by atoms with Crippen molar-refractivity contribution in [2.75, 3.05) is 13.1 Å². The van der Waals surface area contributed by atoms with Crippen LogP contribution in [0.15, 0.2) is 29.2 Å². The summed E-state index contributed by atoms with van der Waals surface area (Å²) in [5.74, 6) is -0.854. The molecule has 1 aromatic carbocycles. The van der Waals surface area contributed by atoms with Crippen molar-refractivity contribution < 1.29 is 17.6 Å². The Hall–Kier alpha value is -1.47. The van der Waals surface area contributed by atoms with E-state index in [1.165, 1.54) is 41.8 Å². The van der Waals surface area contributed by atoms with E-state index in [1.54, 1.807) is 0 Å². The fourth-order valence-corrected chi connectivity index (χ4v) is 5.61. The fourth-order valence-electron chi connectivity index (χ4n) is 4.07. The fraction of sp³-hybridized carbons (Fsp3) is 0.650. The molecule has 2 aliphatic rings. The van der Waals surface area contributed by atoms with Crippen molar-refractivity contribution in [1.82, 2.24) is 9.62 Å². The van der Waals surface area contributed by atoms with Crippen LogP contribution in [0.25, 0.3) is 0 Å². The number of sulfonamides is 1. The predicted octanol–water partition coefficient (Wildman–Crippen LogP) is 3.46. The third-order valence-corrected chi connectivity index (χ3v) is 7.66. The number of amides is 1. The third-order valence-electron chi connectivity index (χ3n) is 5.73. The molecule has 5 nitrogen and oxygen atoms in total. The molecular weight excluding hydrogens is 367 g/mol. The Morgan fingerprint density at radius 2 is 1.56 bits per heavy atom. The summed E-state index contributed by atoms with van der Waals surface area (Å²) in [6.45, 7) is 0.499. The highest BCUT2D eigenvalue weighted by Gasteiger charge is 2.33. The molecule has 0 bridgehead atoms. The van der Waals surface area contributed by atoms with Gasteiger partial charge >= 0.3 is 0 Å². The second kappa shape index (κ2) is 9.15. The Morgan fingerprint density at radius 3 is 2.19 bits per heavy atom. The van der Waals surface area contributed by atoms with Gasteiger partial charge in [0.15, 0.2) is 0 Å². The predicted molar refractivity (Wildman–Crippen MR) is 102 cm³/mol. The Balaban J connectivity index is 1.55. The lowest BCUT2D eigenvalue weighted by Crippen LogP contribution is -2.45. The first-order valence-electron chi connectivity index (χ1n) is 10.0. The average Bonchev–Trinajstić information content (AvgIpc) is 2.64. The van der Waals surface area contributed by atoms with Gasteiger partial charge in [0.25, 0.3) is 0 Å². The Kier molecular flexibility index (Phi) is 6.87. The van der Waals surface area contributed by atoms with E-state index in [-0.39, 0.29) is 35.9 Å². The lowest BCUT2D eigenvalue weighted by atomic mass is 9.94. The van der Waals surface area contributed by atoms with Crippen LogP contribution in [0.5, 0.6) is 0 Å². The molecule has 2 fully saturated rings. The smallest absolute Gasteiger partial charge is 0.245 e. The van der Waals surface area contributed by atoms with Crippen molar-refractivity contribution in [2.45, 2.75) is 68.7 Å². The van der Waals surface area contributed by atoms with Gasteiger partial charge in [0.05, 0.1) is 0 Å². The lowest BCUT2D eigenvalue weighted by Gasteiger charge is -2.31. The molecule has 0 radical (unpaired) electrons. The van der Waals surface area contributed by atoms with Gasteiger partial charge in [-0.25, -0.2) is 12.8 Å². The molecule has 1 aliphatic heterocycles. The number of carbonyl (C=O) groups excluding carboxylic acids is 1. The molecule has 27 heavy (non-hydrogen) atoms. The second-order valence-corrected chi connectivity index (χ2v) is 9.57.